The van der Waals surface area contributed by atoms with Crippen LogP contribution in [0, 0.1) is 11.8 Å². The third-order valence-corrected chi connectivity index (χ3v) is 20.8. The van der Waals surface area contributed by atoms with Crippen molar-refractivity contribution >= 4 is 111 Å². The van der Waals surface area contributed by atoms with Gasteiger partial charge in [-0.25, -0.2) is 10.4 Å². The number of nitrogens with two attached hydrogens (primary N) is 1. The molecule has 2 aromatic heterocycles. The lowest BCUT2D eigenvalue weighted by molar-refractivity contribution is -0.151. The number of likely N-dealkylation sites (N-methyl/N-ethyl adjacent to an activating group) is 5. The number of imidazole rings is 1. The first-order valence-electron chi connectivity index (χ1n) is 38.5. The molecule has 15 N–H and O–H groups in total. The monoisotopic (exact) mass is 1640 g/mol. The molecule has 0 aliphatic carbocycles. The van der Waals surface area contributed by atoms with Crippen LogP contribution in [-0.4, -0.2) is 265 Å². The molecule has 630 valence electrons. The van der Waals surface area contributed by atoms with Gasteiger partial charge in [-0.05, 0) is 65.1 Å². The number of phenolic OH excluding ortho intramolecular Hbond substituents is 1. The number of nitrogens with zero attached hydrogens (tertiary/aromatic N) is 6. The number of hydrogen-bond donors (Lipinski definition) is 14. The average molecular weight is 1640 g/mol. The van der Waals surface area contributed by atoms with E-state index in [1.165, 1.54) is 72.0 Å². The van der Waals surface area contributed by atoms with E-state index in [1.807, 2.05) is 6.92 Å². The molecule has 10 atom stereocenters. The minimum Gasteiger partial charge on any atom is -0.508 e. The zero-order valence-electron chi connectivity index (χ0n) is 67.3. The number of carboxylic acid groups (broad SMARTS) is 1. The Morgan fingerprint density at radius 3 is 1.73 bits per heavy atom. The molecule has 0 radical (unpaired) electrons. The van der Waals surface area contributed by atoms with E-state index in [4.69, 9.17) is 5.73 Å². The van der Waals surface area contributed by atoms with Crippen LogP contribution < -0.4 is 53.8 Å². The molecular weight excluding hydrogens is 1530 g/mol. The number of unbranched alkanes of at least 4 members (excludes halogenated alkanes) is 1. The van der Waals surface area contributed by atoms with Gasteiger partial charge in [0.2, 0.25) is 76.8 Å². The first-order chi connectivity index (χ1) is 55.6. The molecule has 1 aliphatic heterocycles. The van der Waals surface area contributed by atoms with Crippen molar-refractivity contribution in [2.24, 2.45) is 17.6 Å². The molecule has 7 rings (SSSR count). The normalized spacial score (nSPS) is 22.2. The van der Waals surface area contributed by atoms with Crippen molar-refractivity contribution < 1.29 is 82.1 Å². The van der Waals surface area contributed by atoms with Crippen LogP contribution in [-0.2, 0) is 104 Å². The summed E-state index contributed by atoms with van der Waals surface area (Å²) in [5.74, 6) is -15.7. The Labute approximate surface area is 682 Å². The molecule has 117 heavy (non-hydrogen) atoms. The molecular formula is C81H108N18O17S. The maximum Gasteiger partial charge on any atom is 0.305 e. The van der Waals surface area contributed by atoms with Crippen molar-refractivity contribution in [3.8, 4) is 5.75 Å². The number of phenols is 1. The number of hydrogen-bond acceptors (Lipinski definition) is 19. The van der Waals surface area contributed by atoms with Crippen LogP contribution in [0.15, 0.2) is 128 Å². The number of H-pyrrole nitrogens is 2. The Kier molecular flexibility index (Phi) is 35.1. The summed E-state index contributed by atoms with van der Waals surface area (Å²) in [6.45, 7) is 6.36. The number of thioether (sulfide) groups is 1. The van der Waals surface area contributed by atoms with Crippen LogP contribution in [0.1, 0.15) is 94.7 Å². The number of carbonyl (C=O) groups is 15. The second-order valence-electron chi connectivity index (χ2n) is 29.8. The van der Waals surface area contributed by atoms with Crippen molar-refractivity contribution in [3.05, 3.63) is 156 Å². The molecule has 0 saturated carbocycles. The maximum atomic E-state index is 15.3. The molecule has 6 aromatic rings. The van der Waals surface area contributed by atoms with E-state index in [-0.39, 0.29) is 62.4 Å². The van der Waals surface area contributed by atoms with Crippen LogP contribution in [0.3, 0.4) is 0 Å². The van der Waals surface area contributed by atoms with Gasteiger partial charge in [-0.2, -0.15) is 0 Å². The number of aromatic hydroxyl groups is 1. The van der Waals surface area contributed by atoms with E-state index < -0.39 is 187 Å². The molecule has 0 bridgehead atoms. The van der Waals surface area contributed by atoms with Crippen molar-refractivity contribution in [1.82, 2.24) is 87.5 Å². The Balaban J connectivity index is 1.29. The van der Waals surface area contributed by atoms with Gasteiger partial charge in [0.05, 0.1) is 38.1 Å². The summed E-state index contributed by atoms with van der Waals surface area (Å²) >= 11 is 0.857. The van der Waals surface area contributed by atoms with Crippen LogP contribution in [0.25, 0.3) is 10.9 Å². The number of primary amides is 1. The lowest BCUT2D eigenvalue weighted by Crippen LogP contribution is -2.61. The highest BCUT2D eigenvalue weighted by Gasteiger charge is 2.42. The molecule has 0 spiro atoms. The van der Waals surface area contributed by atoms with E-state index >= 15 is 24.0 Å². The number of amides is 14. The van der Waals surface area contributed by atoms with Gasteiger partial charge >= 0.3 is 5.97 Å². The number of fused-ring (bicyclic) bond motifs is 1. The lowest BCUT2D eigenvalue weighted by Gasteiger charge is -2.37. The summed E-state index contributed by atoms with van der Waals surface area (Å²) in [6.07, 6.45) is 3.44. The van der Waals surface area contributed by atoms with Crippen LogP contribution in [0.5, 0.6) is 5.75 Å². The third-order valence-electron chi connectivity index (χ3n) is 19.8. The van der Waals surface area contributed by atoms with E-state index in [0.717, 1.165) is 36.3 Å². The fourth-order valence-corrected chi connectivity index (χ4v) is 14.2. The molecule has 0 unspecified atom stereocenters. The Morgan fingerprint density at radius 1 is 0.564 bits per heavy atom. The minimum absolute atomic E-state index is 0.0171. The molecule has 1 saturated heterocycles. The van der Waals surface area contributed by atoms with Gasteiger partial charge in [-0.3, -0.25) is 77.3 Å². The lowest BCUT2D eigenvalue weighted by atomic mass is 9.98. The maximum absolute atomic E-state index is 15.3. The van der Waals surface area contributed by atoms with Crippen molar-refractivity contribution in [3.63, 3.8) is 0 Å². The number of hydrazine groups is 1. The van der Waals surface area contributed by atoms with Gasteiger partial charge in [0, 0.05) is 102 Å². The van der Waals surface area contributed by atoms with Gasteiger partial charge < -0.3 is 87.6 Å². The highest BCUT2D eigenvalue weighted by atomic mass is 32.2. The Morgan fingerprint density at radius 2 is 1.13 bits per heavy atom. The summed E-state index contributed by atoms with van der Waals surface area (Å²) in [6, 6.07) is 15.2. The van der Waals surface area contributed by atoms with Gasteiger partial charge in [0.25, 0.3) is 5.91 Å². The topological polar surface area (TPSA) is 491 Å². The zero-order valence-corrected chi connectivity index (χ0v) is 68.2. The first kappa shape index (κ1) is 92.0. The van der Waals surface area contributed by atoms with Crippen molar-refractivity contribution in [2.45, 2.75) is 159 Å². The number of carbonyl (C=O) groups excluding carboxylic acids is 14. The van der Waals surface area contributed by atoms with E-state index in [0.29, 0.717) is 51.7 Å². The highest BCUT2D eigenvalue weighted by Crippen LogP contribution is 2.23. The number of aromatic nitrogens is 3. The summed E-state index contributed by atoms with van der Waals surface area (Å²) in [5, 5.41) is 39.5. The largest absolute Gasteiger partial charge is 0.508 e. The molecule has 4 aromatic carbocycles. The number of nitrogens with one attached hydrogen (secondary N) is 11. The SMILES string of the molecule is CCCC[C@H]1C(=O)N(C)CC(=O)N[C@@H](CC(=O)O)C(=O)N[C@@H](C(C)C)C(=O)N(C)[C@@H](Cc2ccccc2)C(=O)N[C@@H](Cc2ccc(O)cc2)C(=O)N(C)CC(=O)N[C@@H](Cc2c[nH]c3ccccc23)C(=O)NN[C@@H](CC(C)C)C(=O)N[C@H](C(=O)NCC(N)=O)CSCC(=O)N[C@@H](Cc2ccccc2)C(=O)N(C)[C@@H](Cc2cnc[nH]2)C(=O)N1C. The van der Waals surface area contributed by atoms with Crippen molar-refractivity contribution in [2.75, 3.05) is 66.4 Å². The van der Waals surface area contributed by atoms with E-state index in [1.54, 1.807) is 119 Å². The zero-order chi connectivity index (χ0) is 85.7. The van der Waals surface area contributed by atoms with Gasteiger partial charge in [0.1, 0.15) is 66.2 Å². The van der Waals surface area contributed by atoms with Gasteiger partial charge in [0.15, 0.2) is 0 Å². The smallest absolute Gasteiger partial charge is 0.305 e. The summed E-state index contributed by atoms with van der Waals surface area (Å²) < 4.78 is 0. The Hall–Kier alpha value is -12.2. The number of para-hydroxylation sites is 1. The number of benzene rings is 4. The van der Waals surface area contributed by atoms with Crippen molar-refractivity contribution in [1.29, 1.82) is 0 Å². The summed E-state index contributed by atoms with van der Waals surface area (Å²) in [4.78, 5) is 232. The molecule has 35 nitrogen and oxygen atoms in total. The van der Waals surface area contributed by atoms with Gasteiger partial charge in [-0.15, -0.1) is 11.8 Å². The van der Waals surface area contributed by atoms with Crippen LogP contribution >= 0.6 is 11.8 Å². The molecule has 3 heterocycles. The predicted molar refractivity (Wildman–Crippen MR) is 434 cm³/mol. The molecule has 14 amide bonds. The fourth-order valence-electron chi connectivity index (χ4n) is 13.3. The fraction of sp³-hybridized carbons (Fsp3) is 0.457. The Bertz CT molecular complexity index is 4440. The quantitative estimate of drug-likeness (QED) is 0.0455. The number of aliphatic carboxylic acids is 1. The number of carboxylic acids is 1. The van der Waals surface area contributed by atoms with Crippen LogP contribution in [0.2, 0.25) is 0 Å². The minimum atomic E-state index is -1.88. The predicted octanol–water partition coefficient (Wildman–Crippen LogP) is 0.121. The summed E-state index contributed by atoms with van der Waals surface area (Å²) in [7, 11) is 6.53. The van der Waals surface area contributed by atoms with Gasteiger partial charge in [-0.1, -0.05) is 138 Å². The second kappa shape index (κ2) is 44.6. The molecule has 36 heteroatoms. The summed E-state index contributed by atoms with van der Waals surface area (Å²) in [5.41, 5.74) is 14.0. The standard InChI is InChI=1S/C81H108N18O17S/c1-11-12-27-63-79(114)96(7)43-68(103)88-58(38-70(105)106)73(108)92-71(48(4)5)81(116)98(9)64(35-50-23-17-14-18-24-50)76(111)90-60(34-51-28-30-54(100)31-29-51)77(112)95(6)42-67(102)87-57(36-52-39-84-56-26-20-19-25-55(52)56)75(110)94-93-59(32-47(2)3)74(109)91-62(72(107)85-41-66(82)101)44-117-45-69(104)89-61(33-49-21-15-13-16-22-49)78(113)99(10)65(80(115)97(63)8)37-53-40-83-46-86-53/h13-26,28-31,39-40,46-48,57-65,71,84,93,100H,11-12,27,32-38,41-45H2,1-10H3,(H2,82,101)(H,83,86)(H,85,107)(H,87,102)(H,88,103)(H,89,104)(H,90,111)(H,91,109)(H,92,108)(H,94,110)(H,105,106)/t57-,58-,59-,60-,61-,62-,63-,64-,65-,71-/m0/s1. The highest BCUT2D eigenvalue weighted by molar-refractivity contribution is 8.00. The molecule has 1 aliphatic rings. The van der Waals surface area contributed by atoms with E-state index in [9.17, 15) is 58.2 Å². The number of aromatic amines is 2. The second-order valence-corrected chi connectivity index (χ2v) is 30.9. The van der Waals surface area contributed by atoms with E-state index in [2.05, 4.69) is 63.0 Å². The first-order valence-corrected chi connectivity index (χ1v) is 39.7. The molecule has 1 fully saturated rings. The third kappa shape index (κ3) is 27.8. The average Bonchev–Trinajstić information content (AvgIpc) is 1.52. The van der Waals surface area contributed by atoms with Crippen LogP contribution in [0.4, 0.5) is 0 Å². The number of rotatable bonds is 21.